The fraction of sp³-hybridized carbons (Fsp3) is 0.615. The standard InChI is InChI=1S/C13H19ClN4O/c1-5-7-18-10-9(8-15-12(14)16-10)17(4)11(19)13(18,3)6-2/h8H,5-7H2,1-4H3. The van der Waals surface area contributed by atoms with E-state index < -0.39 is 5.54 Å². The zero-order chi connectivity index (χ0) is 14.2. The molecule has 1 aliphatic rings. The molecule has 1 aliphatic heterocycles. The van der Waals surface area contributed by atoms with E-state index in [1.54, 1.807) is 18.1 Å². The van der Waals surface area contributed by atoms with Gasteiger partial charge in [0.2, 0.25) is 5.28 Å². The van der Waals surface area contributed by atoms with Gasteiger partial charge in [0.15, 0.2) is 5.82 Å². The first-order valence-corrected chi connectivity index (χ1v) is 6.91. The van der Waals surface area contributed by atoms with Crippen molar-refractivity contribution in [2.45, 2.75) is 39.2 Å². The van der Waals surface area contributed by atoms with E-state index in [4.69, 9.17) is 11.6 Å². The van der Waals surface area contributed by atoms with Crippen LogP contribution in [0.3, 0.4) is 0 Å². The SMILES string of the molecule is CCCN1c2nc(Cl)ncc2N(C)C(=O)C1(C)CC. The highest BCUT2D eigenvalue weighted by Crippen LogP contribution is 2.39. The van der Waals surface area contributed by atoms with Gasteiger partial charge in [0.1, 0.15) is 11.2 Å². The smallest absolute Gasteiger partial charge is 0.252 e. The van der Waals surface area contributed by atoms with Gasteiger partial charge >= 0.3 is 0 Å². The summed E-state index contributed by atoms with van der Waals surface area (Å²) in [4.78, 5) is 24.6. The highest BCUT2D eigenvalue weighted by molar-refractivity contribution is 6.28. The lowest BCUT2D eigenvalue weighted by Crippen LogP contribution is -2.61. The van der Waals surface area contributed by atoms with Crippen molar-refractivity contribution in [2.24, 2.45) is 0 Å². The van der Waals surface area contributed by atoms with Crippen LogP contribution in [0.2, 0.25) is 5.28 Å². The van der Waals surface area contributed by atoms with Crippen LogP contribution in [-0.4, -0.2) is 35.0 Å². The fourth-order valence-corrected chi connectivity index (χ4v) is 2.65. The largest absolute Gasteiger partial charge is 0.340 e. The van der Waals surface area contributed by atoms with Crippen molar-refractivity contribution in [3.8, 4) is 0 Å². The Kier molecular flexibility index (Phi) is 3.67. The molecule has 6 heteroatoms. The molecule has 1 atom stereocenters. The van der Waals surface area contributed by atoms with Crippen molar-refractivity contribution >= 4 is 29.0 Å². The van der Waals surface area contributed by atoms with Crippen LogP contribution in [0.25, 0.3) is 0 Å². The highest BCUT2D eigenvalue weighted by atomic mass is 35.5. The number of nitrogens with zero attached hydrogens (tertiary/aromatic N) is 4. The third-order valence-electron chi connectivity index (χ3n) is 3.83. The van der Waals surface area contributed by atoms with Gasteiger partial charge in [-0.2, -0.15) is 4.98 Å². The van der Waals surface area contributed by atoms with Crippen molar-refractivity contribution < 1.29 is 4.79 Å². The summed E-state index contributed by atoms with van der Waals surface area (Å²) in [7, 11) is 1.76. The summed E-state index contributed by atoms with van der Waals surface area (Å²) in [5.41, 5.74) is 0.142. The van der Waals surface area contributed by atoms with Gasteiger partial charge in [-0.05, 0) is 31.4 Å². The number of fused-ring (bicyclic) bond motifs is 1. The number of hydrogen-bond donors (Lipinski definition) is 0. The molecule has 0 spiro atoms. The van der Waals surface area contributed by atoms with Gasteiger partial charge in [-0.3, -0.25) is 4.79 Å². The lowest BCUT2D eigenvalue weighted by atomic mass is 9.91. The van der Waals surface area contributed by atoms with E-state index in [9.17, 15) is 4.79 Å². The molecular weight excluding hydrogens is 264 g/mol. The number of rotatable bonds is 3. The van der Waals surface area contributed by atoms with Gasteiger partial charge in [-0.1, -0.05) is 13.8 Å². The summed E-state index contributed by atoms with van der Waals surface area (Å²) < 4.78 is 0. The van der Waals surface area contributed by atoms with Gasteiger partial charge < -0.3 is 9.80 Å². The Hall–Kier alpha value is -1.36. The van der Waals surface area contributed by atoms with E-state index in [0.717, 1.165) is 25.2 Å². The Labute approximate surface area is 118 Å². The second-order valence-corrected chi connectivity index (χ2v) is 5.33. The molecular formula is C13H19ClN4O. The average molecular weight is 283 g/mol. The van der Waals surface area contributed by atoms with E-state index in [-0.39, 0.29) is 11.2 Å². The van der Waals surface area contributed by atoms with Gasteiger partial charge in [-0.15, -0.1) is 0 Å². The second-order valence-electron chi connectivity index (χ2n) is 4.99. The summed E-state index contributed by atoms with van der Waals surface area (Å²) >= 11 is 5.91. The van der Waals surface area contributed by atoms with Gasteiger partial charge in [-0.25, -0.2) is 4.98 Å². The van der Waals surface area contributed by atoms with Gasteiger partial charge in [0.25, 0.3) is 5.91 Å². The van der Waals surface area contributed by atoms with Crippen LogP contribution >= 0.6 is 11.6 Å². The number of halogens is 1. The van der Waals surface area contributed by atoms with Crippen molar-refractivity contribution in [1.29, 1.82) is 0 Å². The molecule has 104 valence electrons. The maximum atomic E-state index is 12.6. The molecule has 19 heavy (non-hydrogen) atoms. The predicted octanol–water partition coefficient (Wildman–Crippen LogP) is 2.49. The van der Waals surface area contributed by atoms with E-state index in [0.29, 0.717) is 5.69 Å². The summed E-state index contributed by atoms with van der Waals surface area (Å²) in [6.45, 7) is 6.83. The average Bonchev–Trinajstić information content (AvgIpc) is 2.41. The molecule has 0 aliphatic carbocycles. The zero-order valence-electron chi connectivity index (χ0n) is 11.8. The first-order chi connectivity index (χ1) is 8.95. The van der Waals surface area contributed by atoms with E-state index in [1.165, 1.54) is 0 Å². The number of carbonyl (C=O) groups is 1. The maximum absolute atomic E-state index is 12.6. The first-order valence-electron chi connectivity index (χ1n) is 6.54. The third kappa shape index (κ3) is 2.06. The monoisotopic (exact) mass is 282 g/mol. The predicted molar refractivity (Wildman–Crippen MR) is 76.8 cm³/mol. The topological polar surface area (TPSA) is 49.3 Å². The molecule has 1 aromatic rings. The first kappa shape index (κ1) is 14.1. The molecule has 5 nitrogen and oxygen atoms in total. The van der Waals surface area contributed by atoms with Gasteiger partial charge in [0.05, 0.1) is 6.20 Å². The normalized spacial score (nSPS) is 22.7. The van der Waals surface area contributed by atoms with Crippen LogP contribution in [-0.2, 0) is 4.79 Å². The minimum atomic E-state index is -0.574. The molecule has 0 saturated carbocycles. The Morgan fingerprint density at radius 1 is 1.42 bits per heavy atom. The maximum Gasteiger partial charge on any atom is 0.252 e. The van der Waals surface area contributed by atoms with Crippen molar-refractivity contribution in [2.75, 3.05) is 23.4 Å². The van der Waals surface area contributed by atoms with Crippen LogP contribution < -0.4 is 9.80 Å². The van der Waals surface area contributed by atoms with Gasteiger partial charge in [0, 0.05) is 13.6 Å². The van der Waals surface area contributed by atoms with Crippen LogP contribution in [0.1, 0.15) is 33.6 Å². The molecule has 0 fully saturated rings. The minimum absolute atomic E-state index is 0.0712. The van der Waals surface area contributed by atoms with Crippen LogP contribution in [0.5, 0.6) is 0 Å². The number of likely N-dealkylation sites (N-methyl/N-ethyl adjacent to an activating group) is 1. The molecule has 0 bridgehead atoms. The van der Waals surface area contributed by atoms with E-state index in [1.807, 2.05) is 13.8 Å². The van der Waals surface area contributed by atoms with Crippen molar-refractivity contribution in [3.05, 3.63) is 11.5 Å². The molecule has 1 amide bonds. The quantitative estimate of drug-likeness (QED) is 0.799. The number of carbonyl (C=O) groups excluding carboxylic acids is 1. The Morgan fingerprint density at radius 2 is 2.11 bits per heavy atom. The molecule has 1 unspecified atom stereocenters. The summed E-state index contributed by atoms with van der Waals surface area (Å²) in [6.07, 6.45) is 3.27. The molecule has 0 radical (unpaired) electrons. The van der Waals surface area contributed by atoms with E-state index in [2.05, 4.69) is 21.8 Å². The molecule has 0 N–H and O–H groups in total. The van der Waals surface area contributed by atoms with Crippen molar-refractivity contribution in [3.63, 3.8) is 0 Å². The molecule has 0 saturated heterocycles. The number of hydrogen-bond acceptors (Lipinski definition) is 4. The third-order valence-corrected chi connectivity index (χ3v) is 4.02. The summed E-state index contributed by atoms with van der Waals surface area (Å²) in [5, 5.41) is 0.209. The lowest BCUT2D eigenvalue weighted by molar-refractivity contribution is -0.123. The highest BCUT2D eigenvalue weighted by Gasteiger charge is 2.46. The van der Waals surface area contributed by atoms with Crippen LogP contribution in [0.4, 0.5) is 11.5 Å². The van der Waals surface area contributed by atoms with Crippen LogP contribution in [0.15, 0.2) is 6.20 Å². The lowest BCUT2D eigenvalue weighted by Gasteiger charge is -2.47. The molecule has 2 rings (SSSR count). The Morgan fingerprint density at radius 3 is 2.68 bits per heavy atom. The molecule has 2 heterocycles. The summed E-state index contributed by atoms with van der Waals surface area (Å²) in [5.74, 6) is 0.815. The fourth-order valence-electron chi connectivity index (χ4n) is 2.52. The molecule has 0 aromatic carbocycles. The van der Waals surface area contributed by atoms with Crippen LogP contribution in [0, 0.1) is 0 Å². The Bertz CT molecular complexity index is 507. The van der Waals surface area contributed by atoms with E-state index >= 15 is 0 Å². The minimum Gasteiger partial charge on any atom is -0.340 e. The Balaban J connectivity index is 2.63. The zero-order valence-corrected chi connectivity index (χ0v) is 12.5. The summed E-state index contributed by atoms with van der Waals surface area (Å²) in [6, 6.07) is 0. The van der Waals surface area contributed by atoms with Crippen molar-refractivity contribution in [1.82, 2.24) is 9.97 Å². The second kappa shape index (κ2) is 4.96. The number of anilines is 2. The molecule has 1 aromatic heterocycles. The number of aromatic nitrogens is 2. The number of amides is 1.